The highest BCUT2D eigenvalue weighted by molar-refractivity contribution is 5.96. The molecule has 0 bridgehead atoms. The highest BCUT2D eigenvalue weighted by Gasteiger charge is 2.13. The predicted octanol–water partition coefficient (Wildman–Crippen LogP) is 3.40. The molecule has 0 fully saturated rings. The molecule has 0 aliphatic carbocycles. The first-order valence-corrected chi connectivity index (χ1v) is 11.0. The molecular weight excluding hydrogens is 448 g/mol. The van der Waals surface area contributed by atoms with E-state index in [0.29, 0.717) is 35.9 Å². The van der Waals surface area contributed by atoms with Gasteiger partial charge < -0.3 is 19.9 Å². The lowest BCUT2D eigenvalue weighted by Gasteiger charge is -2.12. The van der Waals surface area contributed by atoms with Crippen molar-refractivity contribution in [3.8, 4) is 17.0 Å². The number of methoxy groups -OCH3 is 1. The van der Waals surface area contributed by atoms with Gasteiger partial charge in [-0.15, -0.1) is 0 Å². The average molecular weight is 475 g/mol. The second-order valence-electron chi connectivity index (χ2n) is 7.87. The maximum atomic E-state index is 12.4. The van der Waals surface area contributed by atoms with Crippen LogP contribution in [0, 0.1) is 0 Å². The second kappa shape index (κ2) is 10.7. The third-order valence-electron chi connectivity index (χ3n) is 5.53. The topological polar surface area (TPSA) is 130 Å². The number of carbonyl (C=O) groups is 2. The lowest BCUT2D eigenvalue weighted by Crippen LogP contribution is -2.26. The maximum absolute atomic E-state index is 12.4. The van der Waals surface area contributed by atoms with Gasteiger partial charge in [-0.3, -0.25) is 14.8 Å². The molecule has 2 amide bonds. The lowest BCUT2D eigenvalue weighted by molar-refractivity contribution is -0.129. The molecule has 0 atom stereocenters. The van der Waals surface area contributed by atoms with Crippen LogP contribution in [0.3, 0.4) is 0 Å². The van der Waals surface area contributed by atoms with E-state index in [9.17, 15) is 9.59 Å². The molecule has 0 saturated heterocycles. The number of nitrogens with one attached hydrogen (secondary N) is 3. The van der Waals surface area contributed by atoms with Crippen LogP contribution in [0.4, 0.5) is 11.6 Å². The number of hydroxylamine groups is 1. The molecule has 4 rings (SSSR count). The van der Waals surface area contributed by atoms with Gasteiger partial charge in [0.15, 0.2) is 0 Å². The Balaban J connectivity index is 1.49. The summed E-state index contributed by atoms with van der Waals surface area (Å²) in [6.07, 6.45) is 4.25. The number of aryl methyl sites for hydroxylation is 1. The molecule has 4 N–H and O–H groups in total. The number of fused-ring (bicyclic) bond motifs is 1. The number of hydrogen-bond donors (Lipinski definition) is 4. The van der Waals surface area contributed by atoms with Crippen LogP contribution in [-0.2, 0) is 11.8 Å². The number of benzene rings is 2. The van der Waals surface area contributed by atoms with E-state index < -0.39 is 5.91 Å². The third kappa shape index (κ3) is 5.39. The first kappa shape index (κ1) is 23.7. The number of aromatic nitrogens is 3. The molecule has 2 aromatic heterocycles. The molecule has 2 heterocycles. The molecule has 35 heavy (non-hydrogen) atoms. The van der Waals surface area contributed by atoms with Crippen LogP contribution >= 0.6 is 0 Å². The maximum Gasteiger partial charge on any atom is 0.251 e. The Kier molecular flexibility index (Phi) is 7.22. The van der Waals surface area contributed by atoms with Crippen LogP contribution in [0.2, 0.25) is 0 Å². The van der Waals surface area contributed by atoms with Gasteiger partial charge in [0.2, 0.25) is 11.9 Å². The first-order valence-electron chi connectivity index (χ1n) is 11.0. The van der Waals surface area contributed by atoms with E-state index in [4.69, 9.17) is 9.94 Å². The molecule has 0 aliphatic heterocycles. The molecule has 0 unspecified atom stereocenters. The molecule has 180 valence electrons. The normalized spacial score (nSPS) is 10.7. The minimum atomic E-state index is -0.497. The van der Waals surface area contributed by atoms with E-state index in [-0.39, 0.29) is 12.3 Å². The van der Waals surface area contributed by atoms with Crippen molar-refractivity contribution in [1.29, 1.82) is 0 Å². The van der Waals surface area contributed by atoms with Crippen molar-refractivity contribution in [3.05, 3.63) is 66.5 Å². The summed E-state index contributed by atoms with van der Waals surface area (Å²) >= 11 is 0. The van der Waals surface area contributed by atoms with Gasteiger partial charge in [-0.05, 0) is 36.8 Å². The smallest absolute Gasteiger partial charge is 0.251 e. The Morgan fingerprint density at radius 1 is 1.14 bits per heavy atom. The van der Waals surface area contributed by atoms with Gasteiger partial charge in [-0.1, -0.05) is 18.2 Å². The van der Waals surface area contributed by atoms with Crippen molar-refractivity contribution in [2.24, 2.45) is 7.05 Å². The minimum absolute atomic E-state index is 0.112. The first-order chi connectivity index (χ1) is 17.0. The summed E-state index contributed by atoms with van der Waals surface area (Å²) in [5, 5.41) is 15.5. The van der Waals surface area contributed by atoms with Gasteiger partial charge in [0.1, 0.15) is 5.75 Å². The molecule has 0 saturated carbocycles. The molecule has 10 nitrogen and oxygen atoms in total. The highest BCUT2D eigenvalue weighted by Crippen LogP contribution is 2.31. The summed E-state index contributed by atoms with van der Waals surface area (Å²) < 4.78 is 7.54. The number of carbonyl (C=O) groups excluding carboxylic acids is 2. The summed E-state index contributed by atoms with van der Waals surface area (Å²) in [5.74, 6) is 0.0566. The zero-order valence-electron chi connectivity index (χ0n) is 19.4. The van der Waals surface area contributed by atoms with E-state index >= 15 is 0 Å². The summed E-state index contributed by atoms with van der Waals surface area (Å²) in [4.78, 5) is 32.5. The van der Waals surface area contributed by atoms with Crippen molar-refractivity contribution in [3.63, 3.8) is 0 Å². The number of para-hydroxylation sites is 1. The Hall–Kier alpha value is -4.44. The molecule has 0 radical (unpaired) electrons. The molecule has 2 aromatic carbocycles. The molecule has 0 spiro atoms. The van der Waals surface area contributed by atoms with Crippen molar-refractivity contribution in [1.82, 2.24) is 25.3 Å². The zero-order valence-corrected chi connectivity index (χ0v) is 19.4. The lowest BCUT2D eigenvalue weighted by atomic mass is 10.1. The monoisotopic (exact) mass is 474 g/mol. The van der Waals surface area contributed by atoms with Crippen LogP contribution in [-0.4, -0.2) is 45.2 Å². The van der Waals surface area contributed by atoms with Gasteiger partial charge in [0.25, 0.3) is 5.91 Å². The van der Waals surface area contributed by atoms with Crippen LogP contribution in [0.1, 0.15) is 23.2 Å². The van der Waals surface area contributed by atoms with Crippen molar-refractivity contribution in [2.45, 2.75) is 12.8 Å². The van der Waals surface area contributed by atoms with Crippen molar-refractivity contribution < 1.29 is 19.5 Å². The standard InChI is InChI=1S/C25H26N6O4/c1-31-15-18(17-6-3-4-7-21(17)31)19-11-13-27-25(28-19)29-20-10-9-16(14-22(20)35-2)24(33)26-12-5-8-23(32)30-34/h3-4,6-7,9-11,13-15,34H,5,8,12H2,1-2H3,(H,26,33)(H,30,32)(H,27,28,29). The highest BCUT2D eigenvalue weighted by atomic mass is 16.5. The summed E-state index contributed by atoms with van der Waals surface area (Å²) in [7, 11) is 3.52. The van der Waals surface area contributed by atoms with Gasteiger partial charge in [-0.25, -0.2) is 15.4 Å². The van der Waals surface area contributed by atoms with Crippen molar-refractivity contribution in [2.75, 3.05) is 19.0 Å². The molecule has 10 heteroatoms. The SMILES string of the molecule is COc1cc(C(=O)NCCCC(=O)NO)ccc1Nc1nccc(-c2cn(C)c3ccccc23)n1. The summed E-state index contributed by atoms with van der Waals surface area (Å²) in [6.45, 7) is 0.295. The zero-order chi connectivity index (χ0) is 24.8. The van der Waals surface area contributed by atoms with E-state index in [1.54, 1.807) is 29.9 Å². The molecule has 4 aromatic rings. The van der Waals surface area contributed by atoms with Gasteiger partial charge in [0, 0.05) is 54.4 Å². The van der Waals surface area contributed by atoms with Crippen LogP contribution in [0.25, 0.3) is 22.2 Å². The minimum Gasteiger partial charge on any atom is -0.495 e. The summed E-state index contributed by atoms with van der Waals surface area (Å²) in [6, 6.07) is 15.0. The van der Waals surface area contributed by atoms with Crippen molar-refractivity contribution >= 4 is 34.4 Å². The third-order valence-corrected chi connectivity index (χ3v) is 5.53. The predicted molar refractivity (Wildman–Crippen MR) is 132 cm³/mol. The fourth-order valence-corrected chi connectivity index (χ4v) is 3.78. The number of amides is 2. The van der Waals surface area contributed by atoms with Gasteiger partial charge in [0.05, 0.1) is 18.5 Å². The van der Waals surface area contributed by atoms with Gasteiger partial charge in [-0.2, -0.15) is 0 Å². The number of rotatable bonds is 9. The average Bonchev–Trinajstić information content (AvgIpc) is 3.23. The van der Waals surface area contributed by atoms with E-state index in [1.165, 1.54) is 7.11 Å². The number of nitrogens with zero attached hydrogens (tertiary/aromatic N) is 3. The quantitative estimate of drug-likeness (QED) is 0.166. The Labute approximate surface area is 201 Å². The van der Waals surface area contributed by atoms with E-state index in [2.05, 4.69) is 37.3 Å². The number of hydrogen-bond acceptors (Lipinski definition) is 7. The fraction of sp³-hybridized carbons (Fsp3) is 0.200. The Bertz CT molecular complexity index is 1370. The summed E-state index contributed by atoms with van der Waals surface area (Å²) in [5.41, 5.74) is 5.48. The Morgan fingerprint density at radius 3 is 2.77 bits per heavy atom. The second-order valence-corrected chi connectivity index (χ2v) is 7.87. The largest absolute Gasteiger partial charge is 0.495 e. The molecular formula is C25H26N6O4. The van der Waals surface area contributed by atoms with Crippen LogP contribution in [0.15, 0.2) is 60.9 Å². The van der Waals surface area contributed by atoms with E-state index in [0.717, 1.165) is 22.2 Å². The number of ether oxygens (including phenoxy) is 1. The molecule has 0 aliphatic rings. The van der Waals surface area contributed by atoms with Crippen LogP contribution in [0.5, 0.6) is 5.75 Å². The van der Waals surface area contributed by atoms with Gasteiger partial charge >= 0.3 is 0 Å². The van der Waals surface area contributed by atoms with E-state index in [1.807, 2.05) is 31.4 Å². The number of anilines is 2. The van der Waals surface area contributed by atoms with Crippen LogP contribution < -0.4 is 20.9 Å². The Morgan fingerprint density at radius 2 is 1.97 bits per heavy atom. The fourth-order valence-electron chi connectivity index (χ4n) is 3.78.